The number of carbonyl (C=O) groups excluding carboxylic acids is 1. The number of hydrogen-bond donors (Lipinski definition) is 0. The van der Waals surface area contributed by atoms with Gasteiger partial charge in [0.1, 0.15) is 11.9 Å². The van der Waals surface area contributed by atoms with E-state index in [0.717, 1.165) is 18.1 Å². The van der Waals surface area contributed by atoms with E-state index in [2.05, 4.69) is 52.9 Å². The quantitative estimate of drug-likeness (QED) is 0.305. The lowest BCUT2D eigenvalue weighted by Crippen LogP contribution is -2.59. The average molecular weight is 515 g/mol. The molecule has 7 rings (SSSR count). The van der Waals surface area contributed by atoms with E-state index >= 15 is 0 Å². The predicted octanol–water partition coefficient (Wildman–Crippen LogP) is 8.18. The molecule has 0 saturated heterocycles. The Labute approximate surface area is 223 Å². The van der Waals surface area contributed by atoms with Crippen LogP contribution in [0.2, 0.25) is 18.1 Å². The van der Waals surface area contributed by atoms with Crippen LogP contribution in [0, 0.1) is 16.7 Å². The number of ether oxygens (including phenoxy) is 1. The molecule has 2 unspecified atom stereocenters. The van der Waals surface area contributed by atoms with Crippen molar-refractivity contribution < 1.29 is 14.0 Å². The first kappa shape index (κ1) is 24.0. The van der Waals surface area contributed by atoms with Gasteiger partial charge in [0, 0.05) is 10.8 Å². The van der Waals surface area contributed by atoms with Crippen LogP contribution >= 0.6 is 0 Å². The molecule has 4 heteroatoms. The number of aryl methyl sites for hydroxylation is 1. The maximum atomic E-state index is 13.6. The summed E-state index contributed by atoms with van der Waals surface area (Å²) in [5.41, 5.74) is 5.55. The second kappa shape index (κ2) is 7.31. The molecule has 0 amide bonds. The van der Waals surface area contributed by atoms with Crippen molar-refractivity contribution in [1.82, 2.24) is 0 Å². The molecule has 2 aromatic carbocycles. The predicted molar refractivity (Wildman–Crippen MR) is 150 cm³/mol. The molecule has 6 bridgehead atoms. The Morgan fingerprint density at radius 1 is 1.03 bits per heavy atom. The SMILES string of the molecule is CC(C)(C)[Si](C)(C)Oc1cc2c3c(c1)[C@]14CC[C@@]5(C1)C(CC2)C3CC[C@]5(C)[C@H]4OC(=O)c1ccccc1. The lowest BCUT2D eigenvalue weighted by atomic mass is 9.44. The number of esters is 1. The molecule has 0 aromatic heterocycles. The Balaban J connectivity index is 1.40. The van der Waals surface area contributed by atoms with Gasteiger partial charge in [-0.1, -0.05) is 45.9 Å². The number of hydrogen-bond acceptors (Lipinski definition) is 3. The fourth-order valence-corrected chi connectivity index (χ4v) is 10.7. The zero-order chi connectivity index (χ0) is 26.0. The van der Waals surface area contributed by atoms with Crippen LogP contribution in [0.5, 0.6) is 5.75 Å². The largest absolute Gasteiger partial charge is 0.543 e. The molecule has 1 spiro atoms. The summed E-state index contributed by atoms with van der Waals surface area (Å²) >= 11 is 0. The molecule has 6 atom stereocenters. The van der Waals surface area contributed by atoms with Gasteiger partial charge in [0.25, 0.3) is 0 Å². The van der Waals surface area contributed by atoms with Gasteiger partial charge in [-0.2, -0.15) is 0 Å². The van der Waals surface area contributed by atoms with Gasteiger partial charge in [0.2, 0.25) is 8.32 Å². The summed E-state index contributed by atoms with van der Waals surface area (Å²) in [6.07, 6.45) is 8.36. The smallest absolute Gasteiger partial charge is 0.338 e. The minimum atomic E-state index is -1.98. The van der Waals surface area contributed by atoms with Crippen LogP contribution in [0.3, 0.4) is 0 Å². The highest BCUT2D eigenvalue weighted by Gasteiger charge is 2.78. The first-order valence-electron chi connectivity index (χ1n) is 14.5. The maximum Gasteiger partial charge on any atom is 0.338 e. The monoisotopic (exact) mass is 514 g/mol. The fraction of sp³-hybridized carbons (Fsp3) is 0.606. The number of rotatable bonds is 4. The van der Waals surface area contributed by atoms with E-state index < -0.39 is 8.32 Å². The first-order chi connectivity index (χ1) is 17.4. The molecule has 2 aromatic rings. The van der Waals surface area contributed by atoms with Gasteiger partial charge in [-0.25, -0.2) is 4.79 Å². The molecule has 5 aliphatic carbocycles. The standard InChI is InChI=1S/C33H42O3Si/c1-30(2,3)37(5,6)36-23-18-22-12-13-25-24-14-15-31(4)29(35-28(34)21-10-8-7-9-11-21)32(26(19-23)27(22)24)16-17-33(25,31)20-32/h7-11,18-19,24-25,29H,12-17,20H2,1-6H3/t24?,25?,29-,31-,32+,33-/m1/s1. The highest BCUT2D eigenvalue weighted by molar-refractivity contribution is 6.74. The summed E-state index contributed by atoms with van der Waals surface area (Å²) in [7, 11) is -1.98. The van der Waals surface area contributed by atoms with Crippen molar-refractivity contribution in [3.05, 3.63) is 64.7 Å². The molecular formula is C33H42O3Si. The van der Waals surface area contributed by atoms with Gasteiger partial charge >= 0.3 is 5.97 Å². The van der Waals surface area contributed by atoms with Crippen LogP contribution < -0.4 is 4.43 Å². The Hall–Kier alpha value is -2.07. The molecule has 196 valence electrons. The van der Waals surface area contributed by atoms with E-state index in [9.17, 15) is 4.79 Å². The van der Waals surface area contributed by atoms with E-state index in [1.807, 2.05) is 30.3 Å². The molecular weight excluding hydrogens is 472 g/mol. The minimum Gasteiger partial charge on any atom is -0.543 e. The topological polar surface area (TPSA) is 35.5 Å². The van der Waals surface area contributed by atoms with Crippen molar-refractivity contribution >= 4 is 14.3 Å². The van der Waals surface area contributed by atoms with Crippen LogP contribution in [0.4, 0.5) is 0 Å². The van der Waals surface area contributed by atoms with Gasteiger partial charge in [-0.3, -0.25) is 0 Å². The van der Waals surface area contributed by atoms with Crippen LogP contribution in [-0.4, -0.2) is 20.4 Å². The van der Waals surface area contributed by atoms with Gasteiger partial charge < -0.3 is 9.16 Å². The van der Waals surface area contributed by atoms with Crippen molar-refractivity contribution in [3.63, 3.8) is 0 Å². The van der Waals surface area contributed by atoms with Crippen LogP contribution in [-0.2, 0) is 16.6 Å². The van der Waals surface area contributed by atoms with Crippen LogP contribution in [0.25, 0.3) is 0 Å². The van der Waals surface area contributed by atoms with Crippen molar-refractivity contribution in [2.24, 2.45) is 16.7 Å². The van der Waals surface area contributed by atoms with Crippen LogP contribution in [0.15, 0.2) is 42.5 Å². The Morgan fingerprint density at radius 3 is 2.51 bits per heavy atom. The Kier molecular flexibility index (Phi) is 4.74. The van der Waals surface area contributed by atoms with E-state index in [0.29, 0.717) is 11.5 Å². The van der Waals surface area contributed by atoms with E-state index in [1.165, 1.54) is 49.7 Å². The summed E-state index contributed by atoms with van der Waals surface area (Å²) in [5.74, 6) is 2.30. The fourth-order valence-electron chi connectivity index (χ4n) is 9.67. The summed E-state index contributed by atoms with van der Waals surface area (Å²) < 4.78 is 13.7. The third-order valence-corrected chi connectivity index (χ3v) is 16.7. The maximum absolute atomic E-state index is 13.6. The van der Waals surface area contributed by atoms with Crippen LogP contribution in [0.1, 0.15) is 99.2 Å². The lowest BCUT2D eigenvalue weighted by molar-refractivity contribution is -0.130. The highest BCUT2D eigenvalue weighted by Crippen LogP contribution is 2.82. The third kappa shape index (κ3) is 2.91. The van der Waals surface area contributed by atoms with Crippen molar-refractivity contribution in [1.29, 1.82) is 0 Å². The van der Waals surface area contributed by atoms with E-state index in [1.54, 1.807) is 5.56 Å². The molecule has 3 saturated carbocycles. The van der Waals surface area contributed by atoms with Gasteiger partial charge in [0.05, 0.1) is 5.56 Å². The van der Waals surface area contributed by atoms with Crippen molar-refractivity contribution in [3.8, 4) is 5.75 Å². The zero-order valence-corrected chi connectivity index (χ0v) is 24.4. The summed E-state index contributed by atoms with van der Waals surface area (Å²) in [6, 6.07) is 14.4. The normalized spacial score (nSPS) is 36.9. The first-order valence-corrected chi connectivity index (χ1v) is 17.5. The summed E-state index contributed by atoms with van der Waals surface area (Å²) in [6.45, 7) is 14.1. The molecule has 0 aliphatic heterocycles. The van der Waals surface area contributed by atoms with Crippen molar-refractivity contribution in [2.75, 3.05) is 0 Å². The third-order valence-electron chi connectivity index (χ3n) is 12.3. The summed E-state index contributed by atoms with van der Waals surface area (Å²) in [4.78, 5) is 13.6. The van der Waals surface area contributed by atoms with Gasteiger partial charge in [0.15, 0.2) is 0 Å². The minimum absolute atomic E-state index is 0.0440. The molecule has 5 aliphatic rings. The number of carbonyl (C=O) groups is 1. The molecule has 3 fully saturated rings. The van der Waals surface area contributed by atoms with Crippen molar-refractivity contribution in [2.45, 2.75) is 108 Å². The number of benzene rings is 2. The molecule has 0 heterocycles. The second-order valence-corrected chi connectivity index (χ2v) is 19.5. The average Bonchev–Trinajstić information content (AvgIpc) is 3.33. The van der Waals surface area contributed by atoms with Gasteiger partial charge in [-0.15, -0.1) is 0 Å². The highest BCUT2D eigenvalue weighted by atomic mass is 28.4. The summed E-state index contributed by atoms with van der Waals surface area (Å²) in [5, 5.41) is 0.149. The lowest BCUT2D eigenvalue weighted by Gasteiger charge is -2.61. The van der Waals surface area contributed by atoms with E-state index in [4.69, 9.17) is 9.16 Å². The molecule has 3 nitrogen and oxygen atoms in total. The molecule has 0 N–H and O–H groups in total. The Bertz CT molecular complexity index is 1290. The molecule has 37 heavy (non-hydrogen) atoms. The molecule has 0 radical (unpaired) electrons. The zero-order valence-electron chi connectivity index (χ0n) is 23.4. The Morgan fingerprint density at radius 2 is 1.78 bits per heavy atom. The van der Waals surface area contributed by atoms with E-state index in [-0.39, 0.29) is 33.4 Å². The van der Waals surface area contributed by atoms with Gasteiger partial charge in [-0.05, 0) is 121 Å². The second-order valence-electron chi connectivity index (χ2n) is 14.8.